The summed E-state index contributed by atoms with van der Waals surface area (Å²) in [7, 11) is -2.01. The van der Waals surface area contributed by atoms with Crippen LogP contribution in [-0.2, 0) is 10.0 Å². The van der Waals surface area contributed by atoms with Gasteiger partial charge in [0.1, 0.15) is 10.0 Å². The molecule has 0 saturated heterocycles. The van der Waals surface area contributed by atoms with Crippen molar-refractivity contribution < 1.29 is 8.42 Å². The van der Waals surface area contributed by atoms with E-state index in [1.807, 2.05) is 6.26 Å². The number of halogens is 2. The predicted octanol–water partition coefficient (Wildman–Crippen LogP) is 2.37. The van der Waals surface area contributed by atoms with Gasteiger partial charge in [0.2, 0.25) is 10.0 Å². The Morgan fingerprint density at radius 1 is 1.47 bits per heavy atom. The van der Waals surface area contributed by atoms with E-state index < -0.39 is 10.0 Å². The van der Waals surface area contributed by atoms with Gasteiger partial charge in [-0.25, -0.2) is 17.7 Å². The lowest BCUT2D eigenvalue weighted by molar-refractivity contribution is 0.488. The van der Waals surface area contributed by atoms with Crippen molar-refractivity contribution in [1.82, 2.24) is 9.29 Å². The Bertz CT molecular complexity index is 494. The van der Waals surface area contributed by atoms with Gasteiger partial charge in [0.05, 0.1) is 5.02 Å². The van der Waals surface area contributed by atoms with Crippen molar-refractivity contribution in [3.63, 3.8) is 0 Å². The molecule has 0 N–H and O–H groups in total. The Labute approximate surface area is 115 Å². The lowest BCUT2D eigenvalue weighted by Gasteiger charge is -2.16. The van der Waals surface area contributed by atoms with E-state index in [-0.39, 0.29) is 15.1 Å². The molecule has 1 aromatic rings. The number of rotatable bonds is 5. The molecule has 8 heteroatoms. The van der Waals surface area contributed by atoms with E-state index in [1.165, 1.54) is 23.6 Å². The number of sulfonamides is 1. The fraction of sp³-hybridized carbons (Fsp3) is 0.444. The van der Waals surface area contributed by atoms with E-state index in [2.05, 4.69) is 4.98 Å². The first-order valence-corrected chi connectivity index (χ1v) is 8.25. The van der Waals surface area contributed by atoms with Crippen LogP contribution in [0.3, 0.4) is 0 Å². The second-order valence-electron chi connectivity index (χ2n) is 3.26. The zero-order valence-corrected chi connectivity index (χ0v) is 12.5. The van der Waals surface area contributed by atoms with Crippen molar-refractivity contribution in [2.75, 3.05) is 25.6 Å². The van der Waals surface area contributed by atoms with Crippen LogP contribution in [0.15, 0.2) is 17.2 Å². The van der Waals surface area contributed by atoms with E-state index in [0.717, 1.165) is 5.75 Å². The Morgan fingerprint density at radius 2 is 2.12 bits per heavy atom. The summed E-state index contributed by atoms with van der Waals surface area (Å²) in [5, 5.41) is 0.225. The fourth-order valence-electron chi connectivity index (χ4n) is 1.06. The van der Waals surface area contributed by atoms with E-state index in [9.17, 15) is 8.42 Å². The normalized spacial score (nSPS) is 12.1. The van der Waals surface area contributed by atoms with Crippen molar-refractivity contribution in [2.45, 2.75) is 4.90 Å². The molecular weight excluding hydrogens is 303 g/mol. The third-order valence-corrected chi connectivity index (χ3v) is 5.19. The van der Waals surface area contributed by atoms with Gasteiger partial charge in [-0.15, -0.1) is 0 Å². The molecule has 0 aliphatic heterocycles. The zero-order chi connectivity index (χ0) is 13.1. The number of nitrogens with zero attached hydrogens (tertiary/aromatic N) is 2. The third-order valence-electron chi connectivity index (χ3n) is 2.09. The van der Waals surface area contributed by atoms with E-state index >= 15 is 0 Å². The summed E-state index contributed by atoms with van der Waals surface area (Å²) in [4.78, 5) is 3.78. The first-order valence-electron chi connectivity index (χ1n) is 4.66. The largest absolute Gasteiger partial charge is 0.244 e. The summed E-state index contributed by atoms with van der Waals surface area (Å²) >= 11 is 13.0. The van der Waals surface area contributed by atoms with Crippen LogP contribution in [0.2, 0.25) is 10.2 Å². The minimum Gasteiger partial charge on any atom is -0.242 e. The van der Waals surface area contributed by atoms with Crippen LogP contribution in [0.4, 0.5) is 0 Å². The van der Waals surface area contributed by atoms with Crippen LogP contribution >= 0.6 is 35.0 Å². The van der Waals surface area contributed by atoms with Crippen molar-refractivity contribution >= 4 is 45.0 Å². The highest BCUT2D eigenvalue weighted by Gasteiger charge is 2.21. The maximum absolute atomic E-state index is 12.1. The van der Waals surface area contributed by atoms with Crippen LogP contribution in [-0.4, -0.2) is 43.3 Å². The molecular formula is C9H12Cl2N2O2S2. The molecule has 0 aliphatic rings. The van der Waals surface area contributed by atoms with Gasteiger partial charge in [0.25, 0.3) is 0 Å². The van der Waals surface area contributed by atoms with Gasteiger partial charge >= 0.3 is 0 Å². The maximum Gasteiger partial charge on any atom is 0.244 e. The molecule has 4 nitrogen and oxygen atoms in total. The van der Waals surface area contributed by atoms with Gasteiger partial charge in [-0.05, 0) is 12.3 Å². The highest BCUT2D eigenvalue weighted by Crippen LogP contribution is 2.23. The second-order valence-corrected chi connectivity index (χ2v) is 7.06. The van der Waals surface area contributed by atoms with Crippen molar-refractivity contribution in [1.29, 1.82) is 0 Å². The maximum atomic E-state index is 12.1. The van der Waals surface area contributed by atoms with E-state index in [1.54, 1.807) is 11.8 Å². The third kappa shape index (κ3) is 3.72. The second kappa shape index (κ2) is 6.24. The summed E-state index contributed by atoms with van der Waals surface area (Å²) in [5.41, 5.74) is 0. The number of thioether (sulfide) groups is 1. The fourth-order valence-corrected chi connectivity index (χ4v) is 3.12. The van der Waals surface area contributed by atoms with Gasteiger partial charge in [0.15, 0.2) is 0 Å². The highest BCUT2D eigenvalue weighted by atomic mass is 35.5. The molecule has 0 amide bonds. The number of hydrogen-bond donors (Lipinski definition) is 0. The molecule has 0 aromatic carbocycles. The average molecular weight is 315 g/mol. The quantitative estimate of drug-likeness (QED) is 0.783. The Kier molecular flexibility index (Phi) is 5.53. The first-order chi connectivity index (χ1) is 7.89. The monoisotopic (exact) mass is 314 g/mol. The number of pyridine rings is 1. The molecule has 0 unspecified atom stereocenters. The minimum absolute atomic E-state index is 0.0514. The summed E-state index contributed by atoms with van der Waals surface area (Å²) in [6.45, 7) is 0.434. The summed E-state index contributed by atoms with van der Waals surface area (Å²) < 4.78 is 25.4. The molecule has 0 atom stereocenters. The van der Waals surface area contributed by atoms with E-state index in [0.29, 0.717) is 6.54 Å². The average Bonchev–Trinajstić information content (AvgIpc) is 2.29. The molecule has 0 bridgehead atoms. The van der Waals surface area contributed by atoms with Crippen molar-refractivity contribution in [3.8, 4) is 0 Å². The molecule has 0 fully saturated rings. The van der Waals surface area contributed by atoms with Crippen molar-refractivity contribution in [2.24, 2.45) is 0 Å². The van der Waals surface area contributed by atoms with E-state index in [4.69, 9.17) is 23.2 Å². The Hall–Kier alpha value is -0.0100. The minimum atomic E-state index is -3.54. The number of hydrogen-bond acceptors (Lipinski definition) is 4. The van der Waals surface area contributed by atoms with Gasteiger partial charge in [0, 0.05) is 25.5 Å². The molecule has 96 valence electrons. The van der Waals surface area contributed by atoms with Crippen LogP contribution in [0.25, 0.3) is 0 Å². The van der Waals surface area contributed by atoms with Crippen LogP contribution in [0.1, 0.15) is 0 Å². The highest BCUT2D eigenvalue weighted by molar-refractivity contribution is 7.98. The van der Waals surface area contributed by atoms with Gasteiger partial charge in [-0.1, -0.05) is 23.2 Å². The Balaban J connectivity index is 3.00. The molecule has 0 radical (unpaired) electrons. The van der Waals surface area contributed by atoms with Gasteiger partial charge in [-0.2, -0.15) is 11.8 Å². The molecule has 0 saturated carbocycles. The summed E-state index contributed by atoms with van der Waals surface area (Å²) in [5.74, 6) is 0.727. The lowest BCUT2D eigenvalue weighted by atomic mass is 10.5. The molecule has 1 rings (SSSR count). The SMILES string of the molecule is CSCCN(C)S(=O)(=O)c1cnc(Cl)c(Cl)c1. The van der Waals surface area contributed by atoms with Crippen molar-refractivity contribution in [3.05, 3.63) is 22.4 Å². The molecule has 1 aromatic heterocycles. The van der Waals surface area contributed by atoms with Crippen LogP contribution in [0.5, 0.6) is 0 Å². The smallest absolute Gasteiger partial charge is 0.242 e. The molecule has 0 spiro atoms. The first kappa shape index (κ1) is 15.0. The standard InChI is InChI=1S/C9H12Cl2N2O2S2/c1-13(3-4-16-2)17(14,15)7-5-8(10)9(11)12-6-7/h5-6H,3-4H2,1-2H3. The zero-order valence-electron chi connectivity index (χ0n) is 9.35. The van der Waals surface area contributed by atoms with Gasteiger partial charge in [-0.3, -0.25) is 0 Å². The van der Waals surface area contributed by atoms with Crippen LogP contribution < -0.4 is 0 Å². The Morgan fingerprint density at radius 3 is 2.65 bits per heavy atom. The summed E-state index contributed by atoms with van der Waals surface area (Å²) in [6.07, 6.45) is 3.13. The van der Waals surface area contributed by atoms with Crippen LogP contribution in [0, 0.1) is 0 Å². The van der Waals surface area contributed by atoms with Gasteiger partial charge < -0.3 is 0 Å². The summed E-state index contributed by atoms with van der Waals surface area (Å²) in [6, 6.07) is 1.31. The molecule has 1 heterocycles. The molecule has 0 aliphatic carbocycles. The predicted molar refractivity (Wildman–Crippen MR) is 72.5 cm³/mol. The lowest BCUT2D eigenvalue weighted by Crippen LogP contribution is -2.29. The number of aromatic nitrogens is 1. The topological polar surface area (TPSA) is 50.3 Å². The molecule has 17 heavy (non-hydrogen) atoms.